The highest BCUT2D eigenvalue weighted by atomic mass is 32.1. The lowest BCUT2D eigenvalue weighted by molar-refractivity contribution is 0.135. The highest BCUT2D eigenvalue weighted by molar-refractivity contribution is 7.16. The zero-order valence-corrected chi connectivity index (χ0v) is 10.3. The van der Waals surface area contributed by atoms with Crippen molar-refractivity contribution >= 4 is 21.6 Å². The van der Waals surface area contributed by atoms with Crippen molar-refractivity contribution in [2.24, 2.45) is 5.73 Å². The molecule has 90 valence electrons. The van der Waals surface area contributed by atoms with Crippen LogP contribution in [-0.2, 0) is 0 Å². The average molecular weight is 249 g/mol. The van der Waals surface area contributed by atoms with Crippen molar-refractivity contribution in [2.75, 3.05) is 0 Å². The number of thiophene rings is 1. The van der Waals surface area contributed by atoms with E-state index in [0.717, 1.165) is 35.9 Å². The smallest absolute Gasteiger partial charge is 0.318 e. The van der Waals surface area contributed by atoms with Crippen LogP contribution in [0.25, 0.3) is 10.2 Å². The van der Waals surface area contributed by atoms with Gasteiger partial charge in [-0.3, -0.25) is 0 Å². The molecule has 1 fully saturated rings. The van der Waals surface area contributed by atoms with Gasteiger partial charge in [-0.15, -0.1) is 11.3 Å². The van der Waals surface area contributed by atoms with Gasteiger partial charge in [0.1, 0.15) is 10.9 Å². The van der Waals surface area contributed by atoms with Gasteiger partial charge >= 0.3 is 6.01 Å². The van der Waals surface area contributed by atoms with Crippen molar-refractivity contribution in [1.29, 1.82) is 0 Å². The summed E-state index contributed by atoms with van der Waals surface area (Å²) >= 11 is 1.61. The number of ether oxygens (including phenoxy) is 1. The Morgan fingerprint density at radius 1 is 1.29 bits per heavy atom. The summed E-state index contributed by atoms with van der Waals surface area (Å²) < 4.78 is 5.81. The molecule has 5 heteroatoms. The molecule has 0 aromatic carbocycles. The van der Waals surface area contributed by atoms with Crippen LogP contribution < -0.4 is 10.5 Å². The fraction of sp³-hybridized carbons (Fsp3) is 0.500. The van der Waals surface area contributed by atoms with Crippen LogP contribution in [0.1, 0.15) is 25.7 Å². The predicted octanol–water partition coefficient (Wildman–Crippen LogP) is 2.34. The quantitative estimate of drug-likeness (QED) is 0.887. The summed E-state index contributed by atoms with van der Waals surface area (Å²) in [7, 11) is 0. The van der Waals surface area contributed by atoms with Crippen molar-refractivity contribution in [3.63, 3.8) is 0 Å². The molecule has 1 aliphatic carbocycles. The lowest BCUT2D eigenvalue weighted by Gasteiger charge is -2.25. The van der Waals surface area contributed by atoms with Gasteiger partial charge in [0.15, 0.2) is 0 Å². The second-order valence-corrected chi connectivity index (χ2v) is 5.38. The summed E-state index contributed by atoms with van der Waals surface area (Å²) in [6, 6.07) is 2.86. The van der Waals surface area contributed by atoms with E-state index in [2.05, 4.69) is 9.97 Å². The molecule has 1 saturated carbocycles. The first kappa shape index (κ1) is 10.9. The van der Waals surface area contributed by atoms with Crippen molar-refractivity contribution in [1.82, 2.24) is 9.97 Å². The highest BCUT2D eigenvalue weighted by Crippen LogP contribution is 2.23. The normalized spacial score (nSPS) is 25.0. The molecule has 17 heavy (non-hydrogen) atoms. The van der Waals surface area contributed by atoms with Crippen LogP contribution in [0, 0.1) is 0 Å². The van der Waals surface area contributed by atoms with Crippen LogP contribution in [0.2, 0.25) is 0 Å². The number of hydrogen-bond acceptors (Lipinski definition) is 5. The second-order valence-electron chi connectivity index (χ2n) is 4.49. The molecule has 4 nitrogen and oxygen atoms in total. The van der Waals surface area contributed by atoms with Crippen LogP contribution in [-0.4, -0.2) is 22.1 Å². The van der Waals surface area contributed by atoms with Gasteiger partial charge in [-0.2, -0.15) is 4.98 Å². The third kappa shape index (κ3) is 2.40. The maximum atomic E-state index is 5.87. The Morgan fingerprint density at radius 2 is 2.12 bits per heavy atom. The Balaban J connectivity index is 1.71. The van der Waals surface area contributed by atoms with Crippen LogP contribution in [0.3, 0.4) is 0 Å². The van der Waals surface area contributed by atoms with Crippen LogP contribution >= 0.6 is 11.3 Å². The molecule has 0 atom stereocenters. The number of rotatable bonds is 2. The lowest BCUT2D eigenvalue weighted by Crippen LogP contribution is -2.32. The SMILES string of the molecule is NC1CCC(Oc2ncc3ccsc3n2)CC1. The summed E-state index contributed by atoms with van der Waals surface area (Å²) in [6.07, 6.45) is 6.13. The molecule has 0 aliphatic heterocycles. The first-order chi connectivity index (χ1) is 8.31. The van der Waals surface area contributed by atoms with Gasteiger partial charge in [-0.25, -0.2) is 4.98 Å². The van der Waals surface area contributed by atoms with E-state index in [9.17, 15) is 0 Å². The molecule has 0 amide bonds. The zero-order chi connectivity index (χ0) is 11.7. The van der Waals surface area contributed by atoms with Crippen molar-refractivity contribution in [3.8, 4) is 6.01 Å². The number of nitrogens with two attached hydrogens (primary N) is 1. The third-order valence-corrected chi connectivity index (χ3v) is 4.00. The van der Waals surface area contributed by atoms with Gasteiger partial charge in [0.05, 0.1) is 0 Å². The van der Waals surface area contributed by atoms with Gasteiger partial charge in [-0.05, 0) is 37.1 Å². The van der Waals surface area contributed by atoms with E-state index < -0.39 is 0 Å². The number of aromatic nitrogens is 2. The summed E-state index contributed by atoms with van der Waals surface area (Å²) in [5.74, 6) is 0. The fourth-order valence-electron chi connectivity index (χ4n) is 2.15. The van der Waals surface area contributed by atoms with E-state index in [4.69, 9.17) is 10.5 Å². The molecule has 2 N–H and O–H groups in total. The van der Waals surface area contributed by atoms with E-state index in [-0.39, 0.29) is 6.10 Å². The molecule has 0 bridgehead atoms. The molecule has 1 aliphatic rings. The van der Waals surface area contributed by atoms with Gasteiger partial charge in [0.25, 0.3) is 0 Å². The maximum Gasteiger partial charge on any atom is 0.318 e. The minimum absolute atomic E-state index is 0.229. The van der Waals surface area contributed by atoms with Crippen molar-refractivity contribution in [2.45, 2.75) is 37.8 Å². The fourth-order valence-corrected chi connectivity index (χ4v) is 2.88. The predicted molar refractivity (Wildman–Crippen MR) is 68.3 cm³/mol. The van der Waals surface area contributed by atoms with E-state index in [1.54, 1.807) is 11.3 Å². The molecule has 0 spiro atoms. The highest BCUT2D eigenvalue weighted by Gasteiger charge is 2.20. The number of hydrogen-bond donors (Lipinski definition) is 1. The summed E-state index contributed by atoms with van der Waals surface area (Å²) in [6.45, 7) is 0. The maximum absolute atomic E-state index is 5.87. The third-order valence-electron chi connectivity index (χ3n) is 3.18. The van der Waals surface area contributed by atoms with E-state index in [1.807, 2.05) is 17.6 Å². The van der Waals surface area contributed by atoms with Gasteiger partial charge in [0.2, 0.25) is 0 Å². The molecular weight excluding hydrogens is 234 g/mol. The Bertz CT molecular complexity index is 505. The minimum atomic E-state index is 0.229. The molecule has 2 aromatic heterocycles. The monoisotopic (exact) mass is 249 g/mol. The van der Waals surface area contributed by atoms with Crippen LogP contribution in [0.15, 0.2) is 17.6 Å². The van der Waals surface area contributed by atoms with E-state index in [0.29, 0.717) is 12.1 Å². The standard InChI is InChI=1S/C12H15N3OS/c13-9-1-3-10(4-2-9)16-12-14-7-8-5-6-17-11(8)15-12/h5-7,9-10H,1-4,13H2. The second kappa shape index (κ2) is 4.58. The Labute approximate surface area is 104 Å². The number of fused-ring (bicyclic) bond motifs is 1. The summed E-state index contributed by atoms with van der Waals surface area (Å²) in [5, 5.41) is 3.09. The molecule has 3 rings (SSSR count). The lowest BCUT2D eigenvalue weighted by atomic mass is 9.94. The van der Waals surface area contributed by atoms with Crippen molar-refractivity contribution < 1.29 is 4.74 Å². The van der Waals surface area contributed by atoms with Crippen LogP contribution in [0.5, 0.6) is 6.01 Å². The van der Waals surface area contributed by atoms with Gasteiger partial charge in [0, 0.05) is 17.6 Å². The summed E-state index contributed by atoms with van der Waals surface area (Å²) in [5.41, 5.74) is 5.87. The molecule has 0 unspecified atom stereocenters. The Kier molecular flexibility index (Phi) is 2.94. The Hall–Kier alpha value is -1.20. The zero-order valence-electron chi connectivity index (χ0n) is 9.50. The number of nitrogens with zero attached hydrogens (tertiary/aromatic N) is 2. The first-order valence-corrected chi connectivity index (χ1v) is 6.82. The molecular formula is C12H15N3OS. The van der Waals surface area contributed by atoms with E-state index in [1.165, 1.54) is 0 Å². The van der Waals surface area contributed by atoms with E-state index >= 15 is 0 Å². The molecule has 0 saturated heterocycles. The van der Waals surface area contributed by atoms with Crippen LogP contribution in [0.4, 0.5) is 0 Å². The molecule has 2 aromatic rings. The Morgan fingerprint density at radius 3 is 2.94 bits per heavy atom. The van der Waals surface area contributed by atoms with Gasteiger partial charge < -0.3 is 10.5 Å². The topological polar surface area (TPSA) is 61.0 Å². The summed E-state index contributed by atoms with van der Waals surface area (Å²) in [4.78, 5) is 9.63. The average Bonchev–Trinajstić information content (AvgIpc) is 2.79. The van der Waals surface area contributed by atoms with Crippen molar-refractivity contribution in [3.05, 3.63) is 17.6 Å². The van der Waals surface area contributed by atoms with Gasteiger partial charge in [-0.1, -0.05) is 0 Å². The molecule has 2 heterocycles. The first-order valence-electron chi connectivity index (χ1n) is 5.94. The largest absolute Gasteiger partial charge is 0.460 e. The molecule has 0 radical (unpaired) electrons. The minimum Gasteiger partial charge on any atom is -0.460 e.